The monoisotopic (exact) mass is 316 g/mol. The van der Waals surface area contributed by atoms with Gasteiger partial charge in [0.1, 0.15) is 5.69 Å². The number of aromatic nitrogens is 3. The summed E-state index contributed by atoms with van der Waals surface area (Å²) in [6.45, 7) is 4.02. The van der Waals surface area contributed by atoms with Crippen molar-refractivity contribution < 1.29 is 4.79 Å². The Kier molecular flexibility index (Phi) is 4.13. The van der Waals surface area contributed by atoms with Gasteiger partial charge < -0.3 is 5.73 Å². The number of carbonyl (C=O) groups excluding carboxylic acids is 1. The normalized spacial score (nSPS) is 10.1. The van der Waals surface area contributed by atoms with Crippen LogP contribution in [0.4, 0.5) is 0 Å². The molecule has 2 heterocycles. The molecule has 0 spiro atoms. The van der Waals surface area contributed by atoms with E-state index in [0.717, 1.165) is 27.9 Å². The molecule has 2 aromatic heterocycles. The van der Waals surface area contributed by atoms with E-state index in [2.05, 4.69) is 21.9 Å². The molecule has 2 N–H and O–H groups in total. The summed E-state index contributed by atoms with van der Waals surface area (Å²) in [7, 11) is 0. The molecule has 5 heteroatoms. The number of nitrogens with zero attached hydrogens (tertiary/aromatic N) is 3. The van der Waals surface area contributed by atoms with Gasteiger partial charge in [0.05, 0.1) is 5.69 Å². The standard InChI is InChI=1S/C19H16N4O/c1-13-14(2)18(23-11-9-17(22-23)19(20)24)8-7-16(13)6-5-15-4-3-10-21-12-15/h3-4,7-12H,1-2H3,(H2,20,24). The fourth-order valence-electron chi connectivity index (χ4n) is 2.36. The fraction of sp³-hybridized carbons (Fsp3) is 0.105. The number of rotatable bonds is 2. The Balaban J connectivity index is 1.97. The summed E-state index contributed by atoms with van der Waals surface area (Å²) in [6.07, 6.45) is 5.18. The predicted molar refractivity (Wildman–Crippen MR) is 91.8 cm³/mol. The van der Waals surface area contributed by atoms with Crippen molar-refractivity contribution in [3.8, 4) is 17.5 Å². The number of pyridine rings is 1. The molecule has 0 aliphatic heterocycles. The Hall–Kier alpha value is -3.39. The van der Waals surface area contributed by atoms with E-state index in [1.165, 1.54) is 0 Å². The molecule has 0 unspecified atom stereocenters. The highest BCUT2D eigenvalue weighted by Gasteiger charge is 2.10. The topological polar surface area (TPSA) is 73.8 Å². The van der Waals surface area contributed by atoms with E-state index in [4.69, 9.17) is 5.73 Å². The van der Waals surface area contributed by atoms with Crippen molar-refractivity contribution in [3.05, 3.63) is 76.9 Å². The maximum Gasteiger partial charge on any atom is 0.269 e. The third-order valence-electron chi connectivity index (χ3n) is 3.85. The molecular formula is C19H16N4O. The number of hydrogen-bond acceptors (Lipinski definition) is 3. The van der Waals surface area contributed by atoms with E-state index in [9.17, 15) is 4.79 Å². The smallest absolute Gasteiger partial charge is 0.269 e. The van der Waals surface area contributed by atoms with Gasteiger partial charge in [0.25, 0.3) is 5.91 Å². The van der Waals surface area contributed by atoms with Gasteiger partial charge in [-0.1, -0.05) is 11.8 Å². The van der Waals surface area contributed by atoms with Gasteiger partial charge in [-0.05, 0) is 55.3 Å². The lowest BCUT2D eigenvalue weighted by atomic mass is 10.0. The van der Waals surface area contributed by atoms with Crippen LogP contribution in [0.3, 0.4) is 0 Å². The summed E-state index contributed by atoms with van der Waals surface area (Å²) in [4.78, 5) is 15.2. The third-order valence-corrected chi connectivity index (χ3v) is 3.85. The van der Waals surface area contributed by atoms with Crippen LogP contribution in [0.1, 0.15) is 32.7 Å². The average Bonchev–Trinajstić information content (AvgIpc) is 3.07. The first-order valence-corrected chi connectivity index (χ1v) is 7.44. The van der Waals surface area contributed by atoms with Crippen LogP contribution < -0.4 is 5.73 Å². The van der Waals surface area contributed by atoms with Gasteiger partial charge in [0, 0.05) is 29.7 Å². The Morgan fingerprint density at radius 1 is 1.12 bits per heavy atom. The molecule has 5 nitrogen and oxygen atoms in total. The van der Waals surface area contributed by atoms with Crippen molar-refractivity contribution >= 4 is 5.91 Å². The zero-order valence-electron chi connectivity index (χ0n) is 13.4. The highest BCUT2D eigenvalue weighted by atomic mass is 16.1. The van der Waals surface area contributed by atoms with Gasteiger partial charge in [-0.15, -0.1) is 0 Å². The lowest BCUT2D eigenvalue weighted by Crippen LogP contribution is -2.12. The minimum Gasteiger partial charge on any atom is -0.364 e. The first-order valence-electron chi connectivity index (χ1n) is 7.44. The Morgan fingerprint density at radius 2 is 1.96 bits per heavy atom. The second kappa shape index (κ2) is 6.39. The molecule has 0 atom stereocenters. The van der Waals surface area contributed by atoms with Crippen molar-refractivity contribution in [2.24, 2.45) is 5.73 Å². The van der Waals surface area contributed by atoms with Crippen molar-refractivity contribution in [3.63, 3.8) is 0 Å². The van der Waals surface area contributed by atoms with Crippen molar-refractivity contribution in [2.75, 3.05) is 0 Å². The molecule has 0 fully saturated rings. The summed E-state index contributed by atoms with van der Waals surface area (Å²) >= 11 is 0. The van der Waals surface area contributed by atoms with Crippen LogP contribution in [-0.2, 0) is 0 Å². The number of benzene rings is 1. The molecule has 118 valence electrons. The molecule has 0 saturated heterocycles. The quantitative estimate of drug-likeness (QED) is 0.738. The third kappa shape index (κ3) is 3.03. The van der Waals surface area contributed by atoms with E-state index >= 15 is 0 Å². The van der Waals surface area contributed by atoms with Crippen molar-refractivity contribution in [1.29, 1.82) is 0 Å². The Morgan fingerprint density at radius 3 is 2.62 bits per heavy atom. The van der Waals surface area contributed by atoms with Gasteiger partial charge in [-0.2, -0.15) is 5.10 Å². The van der Waals surface area contributed by atoms with E-state index in [-0.39, 0.29) is 5.69 Å². The molecule has 0 aliphatic carbocycles. The SMILES string of the molecule is Cc1c(C#Cc2cccnc2)ccc(-n2ccc(C(N)=O)n2)c1C. The largest absolute Gasteiger partial charge is 0.364 e. The van der Waals surface area contributed by atoms with E-state index < -0.39 is 5.91 Å². The minimum atomic E-state index is -0.540. The molecule has 3 rings (SSSR count). The number of carbonyl (C=O) groups is 1. The minimum absolute atomic E-state index is 0.243. The Bertz CT molecular complexity index is 962. The van der Waals surface area contributed by atoms with Gasteiger partial charge in [-0.25, -0.2) is 4.68 Å². The molecule has 3 aromatic rings. The number of amides is 1. The molecule has 0 saturated carbocycles. The van der Waals surface area contributed by atoms with Crippen LogP contribution in [0.2, 0.25) is 0 Å². The highest BCUT2D eigenvalue weighted by Crippen LogP contribution is 2.20. The molecule has 0 radical (unpaired) electrons. The highest BCUT2D eigenvalue weighted by molar-refractivity contribution is 5.90. The zero-order chi connectivity index (χ0) is 17.1. The number of primary amides is 1. The van der Waals surface area contributed by atoms with Crippen LogP contribution in [0.5, 0.6) is 0 Å². The predicted octanol–water partition coefficient (Wildman–Crippen LogP) is 2.38. The van der Waals surface area contributed by atoms with Crippen LogP contribution in [0.25, 0.3) is 5.69 Å². The number of hydrogen-bond donors (Lipinski definition) is 1. The van der Waals surface area contributed by atoms with E-state index in [1.807, 2.05) is 38.1 Å². The molecular weight excluding hydrogens is 300 g/mol. The summed E-state index contributed by atoms with van der Waals surface area (Å²) in [5, 5.41) is 4.20. The average molecular weight is 316 g/mol. The first kappa shape index (κ1) is 15.5. The van der Waals surface area contributed by atoms with Crippen molar-refractivity contribution in [1.82, 2.24) is 14.8 Å². The lowest BCUT2D eigenvalue weighted by Gasteiger charge is -2.10. The van der Waals surface area contributed by atoms with Gasteiger partial charge in [0.2, 0.25) is 0 Å². The van der Waals surface area contributed by atoms with E-state index in [1.54, 1.807) is 29.3 Å². The molecule has 1 amide bonds. The first-order chi connectivity index (χ1) is 11.6. The second-order valence-corrected chi connectivity index (χ2v) is 5.38. The Labute approximate surface area is 140 Å². The van der Waals surface area contributed by atoms with Gasteiger partial charge in [-0.3, -0.25) is 9.78 Å². The molecule has 0 bridgehead atoms. The summed E-state index contributed by atoms with van der Waals surface area (Å²) < 4.78 is 1.65. The van der Waals surface area contributed by atoms with Gasteiger partial charge in [0.15, 0.2) is 0 Å². The summed E-state index contributed by atoms with van der Waals surface area (Å²) in [5.41, 5.74) is 10.3. The van der Waals surface area contributed by atoms with Crippen molar-refractivity contribution in [2.45, 2.75) is 13.8 Å². The summed E-state index contributed by atoms with van der Waals surface area (Å²) in [5.74, 6) is 5.75. The van der Waals surface area contributed by atoms with Crippen LogP contribution in [0.15, 0.2) is 48.9 Å². The van der Waals surface area contributed by atoms with Gasteiger partial charge >= 0.3 is 0 Å². The van der Waals surface area contributed by atoms with Crippen LogP contribution in [0, 0.1) is 25.7 Å². The summed E-state index contributed by atoms with van der Waals surface area (Å²) in [6, 6.07) is 9.28. The zero-order valence-corrected chi connectivity index (χ0v) is 13.4. The molecule has 24 heavy (non-hydrogen) atoms. The maximum absolute atomic E-state index is 11.2. The number of nitrogens with two attached hydrogens (primary N) is 1. The van der Waals surface area contributed by atoms with Crippen LogP contribution >= 0.6 is 0 Å². The lowest BCUT2D eigenvalue weighted by molar-refractivity contribution is 0.0995. The maximum atomic E-state index is 11.2. The van der Waals surface area contributed by atoms with E-state index in [0.29, 0.717) is 0 Å². The van der Waals surface area contributed by atoms with Crippen LogP contribution in [-0.4, -0.2) is 20.7 Å². The molecule has 1 aromatic carbocycles. The molecule has 0 aliphatic rings. The second-order valence-electron chi connectivity index (χ2n) is 5.38. The fourth-order valence-corrected chi connectivity index (χ4v) is 2.36.